The zero-order valence-corrected chi connectivity index (χ0v) is 9.49. The van der Waals surface area contributed by atoms with Gasteiger partial charge in [0, 0.05) is 24.3 Å². The van der Waals surface area contributed by atoms with E-state index in [4.69, 9.17) is 0 Å². The molecule has 0 saturated carbocycles. The van der Waals surface area contributed by atoms with Crippen molar-refractivity contribution in [1.82, 2.24) is 0 Å². The van der Waals surface area contributed by atoms with E-state index in [1.54, 1.807) is 12.1 Å². The number of non-ortho nitro benzene ring substituents is 2. The number of nitrogens with zero attached hydrogens (tertiary/aromatic N) is 2. The van der Waals surface area contributed by atoms with Crippen LogP contribution in [0.3, 0.4) is 0 Å². The van der Waals surface area contributed by atoms with Crippen LogP contribution in [0, 0.1) is 26.6 Å². The zero-order chi connectivity index (χ0) is 13.6. The lowest BCUT2D eigenvalue weighted by molar-refractivity contribution is -0.385. The number of benzene rings is 2. The Labute approximate surface area is 107 Å². The molecule has 6 nitrogen and oxygen atoms in total. The highest BCUT2D eigenvalue weighted by atomic mass is 16.6. The molecule has 0 heterocycles. The number of hydrogen-bond acceptors (Lipinski definition) is 4. The summed E-state index contributed by atoms with van der Waals surface area (Å²) in [5.74, 6) is 0. The standard InChI is InChI=1S/C13H6N2O4/c16-14(17)10-1-3-12-8(6-10)5-9-7-11(15(18)19)2-4-13(9)12/h1-4,6-7H. The third-order valence-corrected chi connectivity index (χ3v) is 2.99. The van der Waals surface area contributed by atoms with Crippen LogP contribution in [0.1, 0.15) is 11.1 Å². The van der Waals surface area contributed by atoms with Crippen molar-refractivity contribution >= 4 is 11.4 Å². The van der Waals surface area contributed by atoms with Gasteiger partial charge < -0.3 is 0 Å². The van der Waals surface area contributed by atoms with Gasteiger partial charge in [0.05, 0.1) is 16.3 Å². The minimum Gasteiger partial charge on any atom is -0.258 e. The SMILES string of the molecule is O=[N+]([O-])c1ccc2c(c1)[C]c1cc([N+](=O)[O-])ccc1-2. The molecule has 0 saturated heterocycles. The van der Waals surface area contributed by atoms with Crippen LogP contribution >= 0.6 is 0 Å². The first-order valence-electron chi connectivity index (χ1n) is 5.40. The van der Waals surface area contributed by atoms with Crippen LogP contribution in [-0.2, 0) is 0 Å². The van der Waals surface area contributed by atoms with Crippen LogP contribution in [0.15, 0.2) is 36.4 Å². The zero-order valence-electron chi connectivity index (χ0n) is 9.49. The molecule has 2 aromatic rings. The lowest BCUT2D eigenvalue weighted by Gasteiger charge is -2.00. The Morgan fingerprint density at radius 3 is 1.58 bits per heavy atom. The molecule has 19 heavy (non-hydrogen) atoms. The Kier molecular flexibility index (Phi) is 2.31. The molecule has 2 aromatic carbocycles. The van der Waals surface area contributed by atoms with Crippen LogP contribution in [-0.4, -0.2) is 9.85 Å². The number of nitro benzene ring substituents is 2. The first kappa shape index (κ1) is 11.3. The van der Waals surface area contributed by atoms with Gasteiger partial charge in [-0.1, -0.05) is 0 Å². The number of hydrogen-bond donors (Lipinski definition) is 0. The topological polar surface area (TPSA) is 86.3 Å². The first-order chi connectivity index (χ1) is 9.06. The minimum absolute atomic E-state index is 0.0199. The number of fused-ring (bicyclic) bond motifs is 3. The third-order valence-electron chi connectivity index (χ3n) is 2.99. The van der Waals surface area contributed by atoms with Gasteiger partial charge in [0.1, 0.15) is 0 Å². The molecule has 0 bridgehead atoms. The molecule has 0 spiro atoms. The first-order valence-corrected chi connectivity index (χ1v) is 5.40. The summed E-state index contributed by atoms with van der Waals surface area (Å²) < 4.78 is 0. The van der Waals surface area contributed by atoms with Gasteiger partial charge in [-0.2, -0.15) is 0 Å². The Balaban J connectivity index is 2.10. The van der Waals surface area contributed by atoms with Gasteiger partial charge in [0.2, 0.25) is 0 Å². The maximum Gasteiger partial charge on any atom is 0.269 e. The predicted octanol–water partition coefficient (Wildman–Crippen LogP) is 2.96. The van der Waals surface area contributed by atoms with Gasteiger partial charge in [-0.3, -0.25) is 20.2 Å². The molecule has 0 aliphatic heterocycles. The monoisotopic (exact) mass is 254 g/mol. The second-order valence-electron chi connectivity index (χ2n) is 4.10. The maximum atomic E-state index is 10.7. The van der Waals surface area contributed by atoms with Crippen molar-refractivity contribution in [3.05, 3.63) is 74.2 Å². The van der Waals surface area contributed by atoms with Gasteiger partial charge >= 0.3 is 0 Å². The third kappa shape index (κ3) is 1.74. The fourth-order valence-electron chi connectivity index (χ4n) is 2.11. The summed E-state index contributed by atoms with van der Waals surface area (Å²) >= 11 is 0. The molecule has 92 valence electrons. The average molecular weight is 254 g/mol. The molecular formula is C13H6N2O4. The van der Waals surface area contributed by atoms with Crippen LogP contribution < -0.4 is 0 Å². The van der Waals surface area contributed by atoms with E-state index < -0.39 is 9.85 Å². The van der Waals surface area contributed by atoms with E-state index in [2.05, 4.69) is 6.42 Å². The van der Waals surface area contributed by atoms with Crippen molar-refractivity contribution in [2.24, 2.45) is 0 Å². The largest absolute Gasteiger partial charge is 0.269 e. The van der Waals surface area contributed by atoms with Gasteiger partial charge in [0.25, 0.3) is 11.4 Å². The lowest BCUT2D eigenvalue weighted by Crippen LogP contribution is -1.88. The van der Waals surface area contributed by atoms with E-state index in [1.807, 2.05) is 0 Å². The fraction of sp³-hybridized carbons (Fsp3) is 0. The summed E-state index contributed by atoms with van der Waals surface area (Å²) in [5.41, 5.74) is 2.74. The summed E-state index contributed by atoms with van der Waals surface area (Å²) in [6.45, 7) is 0. The molecule has 0 N–H and O–H groups in total. The summed E-state index contributed by atoms with van der Waals surface area (Å²) in [6.07, 6.45) is 2.96. The highest BCUT2D eigenvalue weighted by Gasteiger charge is 2.23. The summed E-state index contributed by atoms with van der Waals surface area (Å²) in [6, 6.07) is 8.94. The molecule has 1 aliphatic carbocycles. The Morgan fingerprint density at radius 1 is 0.789 bits per heavy atom. The highest BCUT2D eigenvalue weighted by Crippen LogP contribution is 2.40. The Morgan fingerprint density at radius 2 is 1.21 bits per heavy atom. The number of rotatable bonds is 2. The van der Waals surface area contributed by atoms with Crippen molar-refractivity contribution in [2.75, 3.05) is 0 Å². The fourth-order valence-corrected chi connectivity index (χ4v) is 2.11. The van der Waals surface area contributed by atoms with E-state index >= 15 is 0 Å². The quantitative estimate of drug-likeness (QED) is 0.519. The summed E-state index contributed by atoms with van der Waals surface area (Å²) in [5, 5.41) is 21.4. The second kappa shape index (κ2) is 3.88. The maximum absolute atomic E-state index is 10.7. The minimum atomic E-state index is -0.479. The van der Waals surface area contributed by atoms with Crippen LogP contribution in [0.4, 0.5) is 11.4 Å². The second-order valence-corrected chi connectivity index (χ2v) is 4.10. The molecule has 0 unspecified atom stereocenters. The van der Waals surface area contributed by atoms with E-state index in [1.165, 1.54) is 24.3 Å². The molecular weight excluding hydrogens is 248 g/mol. The molecule has 6 heteroatoms. The molecule has 3 rings (SSSR count). The Hall–Kier alpha value is -2.76. The molecule has 0 aromatic heterocycles. The van der Waals surface area contributed by atoms with Crippen LogP contribution in [0.2, 0.25) is 0 Å². The smallest absolute Gasteiger partial charge is 0.258 e. The summed E-state index contributed by atoms with van der Waals surface area (Å²) in [7, 11) is 0. The van der Waals surface area contributed by atoms with E-state index in [-0.39, 0.29) is 11.4 Å². The van der Waals surface area contributed by atoms with Crippen molar-refractivity contribution in [3.63, 3.8) is 0 Å². The van der Waals surface area contributed by atoms with E-state index in [0.717, 1.165) is 11.1 Å². The van der Waals surface area contributed by atoms with E-state index in [9.17, 15) is 20.2 Å². The summed E-state index contributed by atoms with van der Waals surface area (Å²) in [4.78, 5) is 20.5. The van der Waals surface area contributed by atoms with Gasteiger partial charge in [-0.25, -0.2) is 0 Å². The van der Waals surface area contributed by atoms with Crippen molar-refractivity contribution in [1.29, 1.82) is 0 Å². The van der Waals surface area contributed by atoms with Gasteiger partial charge in [-0.15, -0.1) is 0 Å². The predicted molar refractivity (Wildman–Crippen MR) is 66.6 cm³/mol. The molecule has 0 amide bonds. The normalized spacial score (nSPS) is 11.8. The van der Waals surface area contributed by atoms with Gasteiger partial charge in [-0.05, 0) is 34.4 Å². The molecule has 2 radical (unpaired) electrons. The van der Waals surface area contributed by atoms with Gasteiger partial charge in [0.15, 0.2) is 0 Å². The highest BCUT2D eigenvalue weighted by molar-refractivity contribution is 5.83. The molecule has 0 fully saturated rings. The average Bonchev–Trinajstić information content (AvgIpc) is 2.74. The molecule has 0 atom stereocenters. The van der Waals surface area contributed by atoms with E-state index in [0.29, 0.717) is 11.1 Å². The van der Waals surface area contributed by atoms with Crippen LogP contribution in [0.25, 0.3) is 11.1 Å². The van der Waals surface area contributed by atoms with Crippen molar-refractivity contribution in [3.8, 4) is 11.1 Å². The van der Waals surface area contributed by atoms with Crippen molar-refractivity contribution < 1.29 is 9.85 Å². The Bertz CT molecular complexity index is 663. The molecule has 1 aliphatic rings. The lowest BCUT2D eigenvalue weighted by atomic mass is 10.1. The van der Waals surface area contributed by atoms with Crippen LogP contribution in [0.5, 0.6) is 0 Å². The van der Waals surface area contributed by atoms with Crippen molar-refractivity contribution in [2.45, 2.75) is 0 Å². The number of nitro groups is 2.